The van der Waals surface area contributed by atoms with Crippen molar-refractivity contribution in [3.8, 4) is 0 Å². The van der Waals surface area contributed by atoms with E-state index in [0.29, 0.717) is 17.9 Å². The lowest BCUT2D eigenvalue weighted by atomic mass is 9.97. The molecular weight excluding hydrogens is 275 g/mol. The fourth-order valence-electron chi connectivity index (χ4n) is 2.10. The smallest absolute Gasteiger partial charge is 0.339 e. The number of carboxylic acid groups (broad SMARTS) is 1. The number of esters is 1. The maximum atomic E-state index is 14.3. The third-order valence-electron chi connectivity index (χ3n) is 3.16. The number of rotatable bonds is 7. The van der Waals surface area contributed by atoms with E-state index in [-0.39, 0.29) is 12.2 Å². The highest BCUT2D eigenvalue weighted by atomic mass is 19.1. The molecule has 0 saturated carbocycles. The van der Waals surface area contributed by atoms with Gasteiger partial charge in [-0.1, -0.05) is 26.3 Å². The van der Waals surface area contributed by atoms with Crippen LogP contribution in [0, 0.1) is 11.7 Å². The molecule has 0 amide bonds. The SMILES string of the molecule is CCOC(=O)c1ccc(CCCC(C)C)c(F)c1C(=O)O. The van der Waals surface area contributed by atoms with Crippen LogP contribution in [0.2, 0.25) is 0 Å². The van der Waals surface area contributed by atoms with E-state index in [4.69, 9.17) is 9.84 Å². The summed E-state index contributed by atoms with van der Waals surface area (Å²) in [6.07, 6.45) is 2.15. The maximum absolute atomic E-state index is 14.3. The summed E-state index contributed by atoms with van der Waals surface area (Å²) in [7, 11) is 0. The van der Waals surface area contributed by atoms with Crippen molar-refractivity contribution in [1.29, 1.82) is 0 Å². The Kier molecular flexibility index (Phi) is 6.34. The summed E-state index contributed by atoms with van der Waals surface area (Å²) in [4.78, 5) is 22.9. The van der Waals surface area contributed by atoms with E-state index in [1.54, 1.807) is 6.92 Å². The van der Waals surface area contributed by atoms with Crippen LogP contribution in [-0.2, 0) is 11.2 Å². The van der Waals surface area contributed by atoms with Crippen LogP contribution in [0.4, 0.5) is 4.39 Å². The summed E-state index contributed by atoms with van der Waals surface area (Å²) < 4.78 is 19.1. The molecule has 0 fully saturated rings. The molecule has 116 valence electrons. The Labute approximate surface area is 123 Å². The minimum Gasteiger partial charge on any atom is -0.478 e. The number of halogens is 1. The van der Waals surface area contributed by atoms with Crippen LogP contribution in [0.25, 0.3) is 0 Å². The second-order valence-electron chi connectivity index (χ2n) is 5.27. The van der Waals surface area contributed by atoms with Crippen LogP contribution < -0.4 is 0 Å². The highest BCUT2D eigenvalue weighted by molar-refractivity contribution is 6.02. The zero-order valence-electron chi connectivity index (χ0n) is 12.6. The molecule has 1 aromatic rings. The van der Waals surface area contributed by atoms with Crippen molar-refractivity contribution in [2.75, 3.05) is 6.61 Å². The van der Waals surface area contributed by atoms with Crippen molar-refractivity contribution in [1.82, 2.24) is 0 Å². The molecule has 21 heavy (non-hydrogen) atoms. The number of ether oxygens (including phenoxy) is 1. The molecule has 0 aliphatic rings. The van der Waals surface area contributed by atoms with Crippen LogP contribution in [0.15, 0.2) is 12.1 Å². The molecule has 4 nitrogen and oxygen atoms in total. The second-order valence-corrected chi connectivity index (χ2v) is 5.27. The van der Waals surface area contributed by atoms with Crippen molar-refractivity contribution in [3.05, 3.63) is 34.6 Å². The first-order chi connectivity index (χ1) is 9.88. The number of hydrogen-bond donors (Lipinski definition) is 1. The monoisotopic (exact) mass is 296 g/mol. The maximum Gasteiger partial charge on any atom is 0.339 e. The lowest BCUT2D eigenvalue weighted by Crippen LogP contribution is -2.15. The Morgan fingerprint density at radius 2 is 2.00 bits per heavy atom. The second kappa shape index (κ2) is 7.76. The Morgan fingerprint density at radius 1 is 1.33 bits per heavy atom. The van der Waals surface area contributed by atoms with Gasteiger partial charge in [0.05, 0.1) is 12.2 Å². The molecule has 0 radical (unpaired) electrons. The van der Waals surface area contributed by atoms with Crippen LogP contribution in [-0.4, -0.2) is 23.7 Å². The number of aromatic carboxylic acids is 1. The number of carbonyl (C=O) groups is 2. The first-order valence-electron chi connectivity index (χ1n) is 7.10. The summed E-state index contributed by atoms with van der Waals surface area (Å²) >= 11 is 0. The molecule has 0 heterocycles. The van der Waals surface area contributed by atoms with E-state index >= 15 is 0 Å². The average molecular weight is 296 g/mol. The number of benzene rings is 1. The Hall–Kier alpha value is -1.91. The normalized spacial score (nSPS) is 10.7. The van der Waals surface area contributed by atoms with E-state index < -0.39 is 23.3 Å². The molecule has 0 aliphatic heterocycles. The summed E-state index contributed by atoms with van der Waals surface area (Å²) in [6, 6.07) is 2.80. The number of carboxylic acids is 1. The van der Waals surface area contributed by atoms with Gasteiger partial charge in [-0.2, -0.15) is 0 Å². The molecule has 0 spiro atoms. The molecule has 0 aliphatic carbocycles. The fraction of sp³-hybridized carbons (Fsp3) is 0.500. The Morgan fingerprint density at radius 3 is 2.52 bits per heavy atom. The van der Waals surface area contributed by atoms with Crippen LogP contribution in [0.1, 0.15) is 59.9 Å². The molecule has 0 aromatic heterocycles. The van der Waals surface area contributed by atoms with Gasteiger partial charge in [0.15, 0.2) is 0 Å². The molecule has 0 saturated heterocycles. The van der Waals surface area contributed by atoms with E-state index in [0.717, 1.165) is 12.8 Å². The molecule has 0 unspecified atom stereocenters. The van der Waals surface area contributed by atoms with Crippen molar-refractivity contribution >= 4 is 11.9 Å². The van der Waals surface area contributed by atoms with Crippen molar-refractivity contribution in [2.45, 2.75) is 40.0 Å². The standard InChI is InChI=1S/C16H21FO4/c1-4-21-16(20)12-9-8-11(7-5-6-10(2)3)14(17)13(12)15(18)19/h8-10H,4-7H2,1-3H3,(H,18,19). The summed E-state index contributed by atoms with van der Waals surface area (Å²) in [6.45, 7) is 5.86. The van der Waals surface area contributed by atoms with Crippen molar-refractivity contribution in [2.24, 2.45) is 5.92 Å². The third kappa shape index (κ3) is 4.55. The lowest BCUT2D eigenvalue weighted by molar-refractivity contribution is 0.0513. The Balaban J connectivity index is 3.08. The highest BCUT2D eigenvalue weighted by Crippen LogP contribution is 2.21. The predicted octanol–water partition coefficient (Wildman–Crippen LogP) is 3.68. The predicted molar refractivity (Wildman–Crippen MR) is 77.1 cm³/mol. The molecule has 1 aromatic carbocycles. The molecule has 1 N–H and O–H groups in total. The van der Waals surface area contributed by atoms with Gasteiger partial charge < -0.3 is 9.84 Å². The minimum absolute atomic E-state index is 0.107. The third-order valence-corrected chi connectivity index (χ3v) is 3.16. The molecule has 5 heteroatoms. The van der Waals surface area contributed by atoms with Crippen LogP contribution >= 0.6 is 0 Å². The van der Waals surface area contributed by atoms with E-state index in [2.05, 4.69) is 13.8 Å². The molecular formula is C16H21FO4. The van der Waals surface area contributed by atoms with Gasteiger partial charge in [0, 0.05) is 0 Å². The first-order valence-corrected chi connectivity index (χ1v) is 7.10. The first kappa shape index (κ1) is 17.1. The number of hydrogen-bond acceptors (Lipinski definition) is 3. The van der Waals surface area contributed by atoms with Gasteiger partial charge in [0.2, 0.25) is 0 Å². The zero-order chi connectivity index (χ0) is 16.0. The summed E-state index contributed by atoms with van der Waals surface area (Å²) in [5.41, 5.74) is -0.522. The number of aryl methyl sites for hydroxylation is 1. The van der Waals surface area contributed by atoms with Crippen molar-refractivity contribution < 1.29 is 23.8 Å². The highest BCUT2D eigenvalue weighted by Gasteiger charge is 2.24. The Bertz CT molecular complexity index is 523. The topological polar surface area (TPSA) is 63.6 Å². The van der Waals surface area contributed by atoms with Crippen LogP contribution in [0.3, 0.4) is 0 Å². The lowest BCUT2D eigenvalue weighted by Gasteiger charge is -2.11. The van der Waals surface area contributed by atoms with Gasteiger partial charge in [-0.05, 0) is 37.3 Å². The fourth-order valence-corrected chi connectivity index (χ4v) is 2.10. The van der Waals surface area contributed by atoms with E-state index in [9.17, 15) is 14.0 Å². The van der Waals surface area contributed by atoms with E-state index in [1.807, 2.05) is 0 Å². The largest absolute Gasteiger partial charge is 0.478 e. The summed E-state index contributed by atoms with van der Waals surface area (Å²) in [5, 5.41) is 9.15. The van der Waals surface area contributed by atoms with Gasteiger partial charge in [-0.15, -0.1) is 0 Å². The van der Waals surface area contributed by atoms with Gasteiger partial charge in [-0.3, -0.25) is 0 Å². The van der Waals surface area contributed by atoms with Gasteiger partial charge in [-0.25, -0.2) is 14.0 Å². The van der Waals surface area contributed by atoms with Gasteiger partial charge in [0.1, 0.15) is 11.4 Å². The molecule has 0 atom stereocenters. The van der Waals surface area contributed by atoms with Gasteiger partial charge >= 0.3 is 11.9 Å². The minimum atomic E-state index is -1.46. The zero-order valence-corrected chi connectivity index (χ0v) is 12.6. The van der Waals surface area contributed by atoms with Crippen molar-refractivity contribution in [3.63, 3.8) is 0 Å². The molecule has 0 bridgehead atoms. The quantitative estimate of drug-likeness (QED) is 0.780. The summed E-state index contributed by atoms with van der Waals surface area (Å²) in [5.74, 6) is -2.61. The van der Waals surface area contributed by atoms with E-state index in [1.165, 1.54) is 12.1 Å². The van der Waals surface area contributed by atoms with Gasteiger partial charge in [0.25, 0.3) is 0 Å². The molecule has 1 rings (SSSR count). The number of carbonyl (C=O) groups excluding carboxylic acids is 1. The average Bonchev–Trinajstić information content (AvgIpc) is 2.39. The van der Waals surface area contributed by atoms with Crippen LogP contribution in [0.5, 0.6) is 0 Å².